The Kier molecular flexibility index (Phi) is 5.67. The first-order valence-corrected chi connectivity index (χ1v) is 11.1. The van der Waals surface area contributed by atoms with Gasteiger partial charge in [-0.05, 0) is 63.3 Å². The maximum absolute atomic E-state index is 12.6. The van der Waals surface area contributed by atoms with Crippen molar-refractivity contribution in [1.82, 2.24) is 4.98 Å². The third-order valence-corrected chi connectivity index (χ3v) is 5.92. The van der Waals surface area contributed by atoms with Crippen LogP contribution >= 0.6 is 15.9 Å². The molecule has 0 aliphatic rings. The zero-order valence-corrected chi connectivity index (χ0v) is 19.3. The second kappa shape index (κ2) is 8.92. The molecule has 1 aromatic heterocycles. The van der Waals surface area contributed by atoms with Crippen LogP contribution in [0.15, 0.2) is 93.8 Å². The lowest BCUT2D eigenvalue weighted by molar-refractivity contribution is -0.111. The summed E-state index contributed by atoms with van der Waals surface area (Å²) in [5.41, 5.74) is 3.71. The number of amides is 1. The fourth-order valence-corrected chi connectivity index (χ4v) is 4.24. The number of nitrogens with one attached hydrogen (secondary N) is 1. The molecular weight excluding hydrogens is 480 g/mol. The van der Waals surface area contributed by atoms with Crippen molar-refractivity contribution in [3.8, 4) is 17.2 Å². The number of nitrogens with zero attached hydrogens (tertiary/aromatic N) is 1. The van der Waals surface area contributed by atoms with Gasteiger partial charge in [0.15, 0.2) is 5.58 Å². The lowest BCUT2D eigenvalue weighted by Gasteiger charge is -2.07. The van der Waals surface area contributed by atoms with Crippen molar-refractivity contribution in [2.45, 2.75) is 0 Å². The third kappa shape index (κ3) is 4.25. The van der Waals surface area contributed by atoms with E-state index in [-0.39, 0.29) is 5.91 Å². The monoisotopic (exact) mass is 498 g/mol. The van der Waals surface area contributed by atoms with Crippen LogP contribution in [0.1, 0.15) is 5.56 Å². The molecule has 5 rings (SSSR count). The van der Waals surface area contributed by atoms with Gasteiger partial charge in [-0.1, -0.05) is 48.5 Å². The molecule has 0 saturated carbocycles. The van der Waals surface area contributed by atoms with E-state index in [1.165, 1.54) is 6.08 Å². The van der Waals surface area contributed by atoms with E-state index < -0.39 is 0 Å². The summed E-state index contributed by atoms with van der Waals surface area (Å²) < 4.78 is 12.2. The molecule has 0 bridgehead atoms. The summed E-state index contributed by atoms with van der Waals surface area (Å²) in [5, 5.41) is 5.03. The number of anilines is 1. The van der Waals surface area contributed by atoms with Crippen molar-refractivity contribution in [3.63, 3.8) is 0 Å². The first-order chi connectivity index (χ1) is 16.1. The second-order valence-electron chi connectivity index (χ2n) is 7.42. The fourth-order valence-electron chi connectivity index (χ4n) is 3.68. The highest BCUT2D eigenvalue weighted by Crippen LogP contribution is 2.33. The number of oxazole rings is 1. The zero-order chi connectivity index (χ0) is 22.8. The largest absolute Gasteiger partial charge is 0.496 e. The third-order valence-electron chi connectivity index (χ3n) is 5.30. The molecule has 0 spiro atoms. The van der Waals surface area contributed by atoms with E-state index in [1.54, 1.807) is 13.2 Å². The number of methoxy groups -OCH3 is 1. The standard InChI is InChI=1S/C27H19BrN2O3/c1-32-24-14-10-17(16-21(24)28)11-15-25(31)29-22-9-5-4-8-20(22)27-30-23-13-12-18-6-2-3-7-19(18)26(23)33-27/h2-16H,1H3,(H,29,31). The Labute approximate surface area is 198 Å². The molecular formula is C27H19BrN2O3. The number of hydrogen-bond donors (Lipinski definition) is 1. The first-order valence-electron chi connectivity index (χ1n) is 10.3. The van der Waals surface area contributed by atoms with E-state index in [2.05, 4.69) is 26.2 Å². The Bertz CT molecular complexity index is 1520. The molecule has 4 aromatic carbocycles. The Morgan fingerprint density at radius 3 is 2.70 bits per heavy atom. The fraction of sp³-hybridized carbons (Fsp3) is 0.0370. The summed E-state index contributed by atoms with van der Waals surface area (Å²) in [6.07, 6.45) is 3.23. The number of carbonyl (C=O) groups is 1. The van der Waals surface area contributed by atoms with Gasteiger partial charge >= 0.3 is 0 Å². The second-order valence-corrected chi connectivity index (χ2v) is 8.27. The van der Waals surface area contributed by atoms with Crippen LogP contribution in [0.25, 0.3) is 39.4 Å². The van der Waals surface area contributed by atoms with Crippen LogP contribution in [0.4, 0.5) is 5.69 Å². The normalized spacial score (nSPS) is 11.3. The highest BCUT2D eigenvalue weighted by Gasteiger charge is 2.15. The number of hydrogen-bond acceptors (Lipinski definition) is 4. The topological polar surface area (TPSA) is 64.4 Å². The average molecular weight is 499 g/mol. The molecule has 0 aliphatic carbocycles. The minimum Gasteiger partial charge on any atom is -0.496 e. The van der Waals surface area contributed by atoms with Crippen LogP contribution in [-0.2, 0) is 4.79 Å². The Hall–Kier alpha value is -3.90. The summed E-state index contributed by atoms with van der Waals surface area (Å²) in [6.45, 7) is 0. The van der Waals surface area contributed by atoms with Gasteiger partial charge in [-0.3, -0.25) is 4.79 Å². The molecule has 33 heavy (non-hydrogen) atoms. The number of aromatic nitrogens is 1. The summed E-state index contributed by atoms with van der Waals surface area (Å²) in [6, 6.07) is 25.1. The van der Waals surface area contributed by atoms with E-state index in [0.717, 1.165) is 37.7 Å². The molecule has 162 valence electrons. The number of fused-ring (bicyclic) bond motifs is 3. The summed E-state index contributed by atoms with van der Waals surface area (Å²) in [4.78, 5) is 17.3. The Balaban J connectivity index is 1.43. The summed E-state index contributed by atoms with van der Waals surface area (Å²) in [7, 11) is 1.61. The molecule has 1 heterocycles. The Morgan fingerprint density at radius 1 is 1.03 bits per heavy atom. The maximum Gasteiger partial charge on any atom is 0.248 e. The highest BCUT2D eigenvalue weighted by molar-refractivity contribution is 9.10. The average Bonchev–Trinajstić information content (AvgIpc) is 3.28. The van der Waals surface area contributed by atoms with Crippen molar-refractivity contribution in [3.05, 3.63) is 95.0 Å². The molecule has 1 amide bonds. The smallest absolute Gasteiger partial charge is 0.248 e. The highest BCUT2D eigenvalue weighted by atomic mass is 79.9. The van der Waals surface area contributed by atoms with Crippen molar-refractivity contribution in [2.75, 3.05) is 12.4 Å². The lowest BCUT2D eigenvalue weighted by atomic mass is 10.1. The first kappa shape index (κ1) is 21.0. The molecule has 0 saturated heterocycles. The van der Waals surface area contributed by atoms with Gasteiger partial charge in [0.2, 0.25) is 11.8 Å². The Morgan fingerprint density at radius 2 is 1.85 bits per heavy atom. The van der Waals surface area contributed by atoms with Crippen molar-refractivity contribution in [1.29, 1.82) is 0 Å². The van der Waals surface area contributed by atoms with E-state index in [1.807, 2.05) is 78.9 Å². The summed E-state index contributed by atoms with van der Waals surface area (Å²) >= 11 is 3.46. The number of para-hydroxylation sites is 1. The maximum atomic E-state index is 12.6. The molecule has 0 atom stereocenters. The predicted octanol–water partition coefficient (Wildman–Crippen LogP) is 7.07. The van der Waals surface area contributed by atoms with Gasteiger partial charge in [-0.25, -0.2) is 4.98 Å². The van der Waals surface area contributed by atoms with Crippen LogP contribution < -0.4 is 10.1 Å². The van der Waals surface area contributed by atoms with Crippen LogP contribution in [0.2, 0.25) is 0 Å². The molecule has 6 heteroatoms. The van der Waals surface area contributed by atoms with Gasteiger partial charge < -0.3 is 14.5 Å². The number of rotatable bonds is 5. The van der Waals surface area contributed by atoms with Gasteiger partial charge in [0.1, 0.15) is 11.3 Å². The molecule has 5 aromatic rings. The predicted molar refractivity (Wildman–Crippen MR) is 135 cm³/mol. The van der Waals surface area contributed by atoms with Crippen LogP contribution in [0.5, 0.6) is 5.75 Å². The molecule has 0 fully saturated rings. The number of ether oxygens (including phenoxy) is 1. The molecule has 5 nitrogen and oxygen atoms in total. The number of benzene rings is 4. The van der Waals surface area contributed by atoms with E-state index in [4.69, 9.17) is 9.15 Å². The lowest BCUT2D eigenvalue weighted by Crippen LogP contribution is -2.08. The minimum atomic E-state index is -0.254. The molecule has 0 aliphatic heterocycles. The van der Waals surface area contributed by atoms with E-state index in [0.29, 0.717) is 17.1 Å². The van der Waals surface area contributed by atoms with Gasteiger partial charge in [0.25, 0.3) is 0 Å². The number of halogens is 1. The SMILES string of the molecule is COc1ccc(C=CC(=O)Nc2ccccc2-c2nc3ccc4ccccc4c3o2)cc1Br. The van der Waals surface area contributed by atoms with Crippen molar-refractivity contribution >= 4 is 55.5 Å². The summed E-state index contributed by atoms with van der Waals surface area (Å²) in [5.74, 6) is 0.938. The van der Waals surface area contributed by atoms with Crippen LogP contribution in [-0.4, -0.2) is 18.0 Å². The van der Waals surface area contributed by atoms with Gasteiger partial charge in [0, 0.05) is 11.5 Å². The van der Waals surface area contributed by atoms with Gasteiger partial charge in [-0.2, -0.15) is 0 Å². The van der Waals surface area contributed by atoms with Crippen LogP contribution in [0.3, 0.4) is 0 Å². The van der Waals surface area contributed by atoms with Gasteiger partial charge in [-0.15, -0.1) is 0 Å². The van der Waals surface area contributed by atoms with E-state index in [9.17, 15) is 4.79 Å². The van der Waals surface area contributed by atoms with Crippen molar-refractivity contribution < 1.29 is 13.9 Å². The van der Waals surface area contributed by atoms with Gasteiger partial charge in [0.05, 0.1) is 22.8 Å². The number of carbonyl (C=O) groups excluding carboxylic acids is 1. The minimum absolute atomic E-state index is 0.254. The van der Waals surface area contributed by atoms with Crippen LogP contribution in [0, 0.1) is 0 Å². The molecule has 1 N–H and O–H groups in total. The van der Waals surface area contributed by atoms with E-state index >= 15 is 0 Å². The van der Waals surface area contributed by atoms with Crippen molar-refractivity contribution in [2.24, 2.45) is 0 Å². The molecule has 0 radical (unpaired) electrons. The quantitative estimate of drug-likeness (QED) is 0.263. The molecule has 0 unspecified atom stereocenters. The zero-order valence-electron chi connectivity index (χ0n) is 17.7.